The third-order valence-corrected chi connectivity index (χ3v) is 5.97. The highest BCUT2D eigenvalue weighted by molar-refractivity contribution is 7.99. The topological polar surface area (TPSA) is 81.4 Å². The van der Waals surface area contributed by atoms with Crippen molar-refractivity contribution in [1.29, 1.82) is 0 Å². The second-order valence-corrected chi connectivity index (χ2v) is 8.79. The lowest BCUT2D eigenvalue weighted by Gasteiger charge is -2.29. The molecule has 0 bridgehead atoms. The summed E-state index contributed by atoms with van der Waals surface area (Å²) in [4.78, 5) is 19.0. The fourth-order valence-corrected chi connectivity index (χ4v) is 4.26. The fourth-order valence-electron chi connectivity index (χ4n) is 3.53. The van der Waals surface area contributed by atoms with Crippen LogP contribution < -0.4 is 9.64 Å². The molecule has 0 radical (unpaired) electrons. The van der Waals surface area contributed by atoms with E-state index in [1.807, 2.05) is 26.0 Å². The number of thioether (sulfide) groups is 1. The molecule has 0 N–H and O–H groups in total. The van der Waals surface area contributed by atoms with Crippen LogP contribution in [-0.2, 0) is 4.79 Å². The van der Waals surface area contributed by atoms with Gasteiger partial charge in [-0.1, -0.05) is 37.2 Å². The molecule has 1 aliphatic rings. The van der Waals surface area contributed by atoms with Gasteiger partial charge in [0.25, 0.3) is 0 Å². The Morgan fingerprint density at radius 3 is 2.73 bits per heavy atom. The average molecular weight is 425 g/mol. The number of rotatable bonds is 4. The second kappa shape index (κ2) is 8.10. The van der Waals surface area contributed by atoms with Crippen LogP contribution in [0.3, 0.4) is 0 Å². The van der Waals surface area contributed by atoms with E-state index in [9.17, 15) is 4.79 Å². The van der Waals surface area contributed by atoms with E-state index in [2.05, 4.69) is 29.0 Å². The molecule has 1 amide bonds. The number of amides is 1. The Balaban J connectivity index is 1.93. The lowest BCUT2D eigenvalue weighted by Crippen LogP contribution is -2.36. The zero-order chi connectivity index (χ0) is 21.4. The van der Waals surface area contributed by atoms with Crippen LogP contribution in [0.25, 0.3) is 11.3 Å². The van der Waals surface area contributed by atoms with Gasteiger partial charge in [-0.3, -0.25) is 9.69 Å². The van der Waals surface area contributed by atoms with Gasteiger partial charge in [0.1, 0.15) is 0 Å². The summed E-state index contributed by atoms with van der Waals surface area (Å²) in [5.74, 6) is 2.05. The number of fused-ring (bicyclic) bond motifs is 3. The number of carbonyl (C=O) groups is 1. The Labute approximate surface area is 179 Å². The number of benzene rings is 1. The summed E-state index contributed by atoms with van der Waals surface area (Å²) in [7, 11) is 0. The summed E-state index contributed by atoms with van der Waals surface area (Å²) in [5.41, 5.74) is 4.01. The molecule has 1 aliphatic heterocycles. The van der Waals surface area contributed by atoms with E-state index >= 15 is 0 Å². The van der Waals surface area contributed by atoms with Gasteiger partial charge in [0.2, 0.25) is 23.2 Å². The molecule has 0 aliphatic carbocycles. The van der Waals surface area contributed by atoms with Gasteiger partial charge in [-0.05, 0) is 43.5 Å². The zero-order valence-electron chi connectivity index (χ0n) is 17.7. The molecule has 0 spiro atoms. The van der Waals surface area contributed by atoms with Gasteiger partial charge in [0.15, 0.2) is 11.5 Å². The predicted octanol–water partition coefficient (Wildman–Crippen LogP) is 4.94. The minimum atomic E-state index is -0.793. The van der Waals surface area contributed by atoms with Gasteiger partial charge in [0.05, 0.1) is 12.0 Å². The molecule has 0 saturated carbocycles. The SMILES string of the molecule is CC(=O)N1c2c(C)cc(C)cc2-c2nnc(SCC(C)C)nc2O[C@H]1c1ccco1. The van der Waals surface area contributed by atoms with Crippen molar-refractivity contribution in [2.24, 2.45) is 5.92 Å². The predicted molar refractivity (Wildman–Crippen MR) is 116 cm³/mol. The van der Waals surface area contributed by atoms with E-state index in [1.54, 1.807) is 23.3 Å². The molecule has 0 fully saturated rings. The Morgan fingerprint density at radius 2 is 2.07 bits per heavy atom. The quantitative estimate of drug-likeness (QED) is 0.549. The lowest BCUT2D eigenvalue weighted by molar-refractivity contribution is -0.118. The van der Waals surface area contributed by atoms with Gasteiger partial charge in [-0.25, -0.2) is 0 Å². The minimum Gasteiger partial charge on any atom is -0.463 e. The molecular formula is C22H24N4O3S. The number of nitrogens with zero attached hydrogens (tertiary/aromatic N) is 4. The van der Waals surface area contributed by atoms with Crippen LogP contribution in [-0.4, -0.2) is 26.8 Å². The van der Waals surface area contributed by atoms with Crippen molar-refractivity contribution in [1.82, 2.24) is 15.2 Å². The standard InChI is InChI=1S/C22H24N4O3S/c1-12(2)11-30-22-23-20-18(24-25-22)16-10-13(3)9-14(4)19(16)26(15(5)27)21(29-20)17-7-6-8-28-17/h6-10,12,21H,11H2,1-5H3/t21-/m0/s1. The lowest BCUT2D eigenvalue weighted by atomic mass is 10.0. The fraction of sp³-hybridized carbons (Fsp3) is 0.364. The Bertz CT molecular complexity index is 1080. The maximum Gasteiger partial charge on any atom is 0.247 e. The Morgan fingerprint density at radius 1 is 1.27 bits per heavy atom. The van der Waals surface area contributed by atoms with Crippen LogP contribution in [0.1, 0.15) is 43.9 Å². The van der Waals surface area contributed by atoms with Crippen LogP contribution in [0.5, 0.6) is 5.88 Å². The number of aryl methyl sites for hydroxylation is 2. The molecule has 0 unspecified atom stereocenters. The maximum atomic E-state index is 12.8. The normalized spacial score (nSPS) is 15.4. The Hall–Kier alpha value is -2.87. The van der Waals surface area contributed by atoms with Crippen molar-refractivity contribution in [2.45, 2.75) is 46.0 Å². The molecular weight excluding hydrogens is 400 g/mol. The van der Waals surface area contributed by atoms with E-state index in [0.29, 0.717) is 28.4 Å². The van der Waals surface area contributed by atoms with E-state index in [4.69, 9.17) is 9.15 Å². The molecule has 156 valence electrons. The third-order valence-electron chi connectivity index (χ3n) is 4.71. The molecule has 8 heteroatoms. The van der Waals surface area contributed by atoms with Crippen LogP contribution in [0.4, 0.5) is 5.69 Å². The number of aromatic nitrogens is 3. The largest absolute Gasteiger partial charge is 0.463 e. The summed E-state index contributed by atoms with van der Waals surface area (Å²) in [6.45, 7) is 9.77. The van der Waals surface area contributed by atoms with Crippen molar-refractivity contribution in [3.63, 3.8) is 0 Å². The summed E-state index contributed by atoms with van der Waals surface area (Å²) < 4.78 is 11.9. The highest BCUT2D eigenvalue weighted by Gasteiger charge is 2.37. The average Bonchev–Trinajstić information content (AvgIpc) is 3.17. The summed E-state index contributed by atoms with van der Waals surface area (Å²) in [6, 6.07) is 7.58. The van der Waals surface area contributed by atoms with Gasteiger partial charge >= 0.3 is 0 Å². The van der Waals surface area contributed by atoms with Gasteiger partial charge in [0, 0.05) is 18.2 Å². The van der Waals surface area contributed by atoms with Crippen LogP contribution in [0, 0.1) is 19.8 Å². The van der Waals surface area contributed by atoms with E-state index in [0.717, 1.165) is 28.1 Å². The van der Waals surface area contributed by atoms with Crippen LogP contribution in [0.2, 0.25) is 0 Å². The number of hydrogen-bond acceptors (Lipinski definition) is 7. The molecule has 30 heavy (non-hydrogen) atoms. The third kappa shape index (κ3) is 3.79. The molecule has 1 aromatic carbocycles. The number of furan rings is 1. The van der Waals surface area contributed by atoms with Crippen molar-refractivity contribution < 1.29 is 13.9 Å². The summed E-state index contributed by atoms with van der Waals surface area (Å²) in [5, 5.41) is 9.32. The van der Waals surface area contributed by atoms with E-state index < -0.39 is 6.23 Å². The van der Waals surface area contributed by atoms with E-state index in [1.165, 1.54) is 18.7 Å². The Kier molecular flexibility index (Phi) is 5.51. The first-order chi connectivity index (χ1) is 14.3. The van der Waals surface area contributed by atoms with Crippen molar-refractivity contribution >= 4 is 23.4 Å². The molecule has 2 aromatic heterocycles. The maximum absolute atomic E-state index is 12.8. The number of anilines is 1. The van der Waals surface area contributed by atoms with Gasteiger partial charge in [-0.15, -0.1) is 10.2 Å². The molecule has 3 heterocycles. The zero-order valence-corrected chi connectivity index (χ0v) is 18.5. The highest BCUT2D eigenvalue weighted by atomic mass is 32.2. The van der Waals surface area contributed by atoms with E-state index in [-0.39, 0.29) is 5.91 Å². The van der Waals surface area contributed by atoms with Gasteiger partial charge in [-0.2, -0.15) is 4.98 Å². The molecule has 0 saturated heterocycles. The first-order valence-electron chi connectivity index (χ1n) is 9.84. The second-order valence-electron chi connectivity index (χ2n) is 7.81. The minimum absolute atomic E-state index is 0.167. The highest BCUT2D eigenvalue weighted by Crippen LogP contribution is 2.45. The number of carbonyl (C=O) groups excluding carboxylic acids is 1. The summed E-state index contributed by atoms with van der Waals surface area (Å²) >= 11 is 1.53. The molecule has 1 atom stereocenters. The number of ether oxygens (including phenoxy) is 1. The van der Waals surface area contributed by atoms with Crippen molar-refractivity contribution in [3.05, 3.63) is 47.4 Å². The first kappa shape index (κ1) is 20.4. The molecule has 3 aromatic rings. The van der Waals surface area contributed by atoms with Crippen molar-refractivity contribution in [2.75, 3.05) is 10.7 Å². The van der Waals surface area contributed by atoms with Crippen LogP contribution >= 0.6 is 11.8 Å². The molecule has 7 nitrogen and oxygen atoms in total. The molecule has 4 rings (SSSR count). The van der Waals surface area contributed by atoms with Crippen molar-refractivity contribution in [3.8, 4) is 17.1 Å². The van der Waals surface area contributed by atoms with Gasteiger partial charge < -0.3 is 9.15 Å². The summed E-state index contributed by atoms with van der Waals surface area (Å²) in [6.07, 6.45) is 0.770. The number of hydrogen-bond donors (Lipinski definition) is 0. The monoisotopic (exact) mass is 424 g/mol. The smallest absolute Gasteiger partial charge is 0.247 e. The first-order valence-corrected chi connectivity index (χ1v) is 10.8. The van der Waals surface area contributed by atoms with Crippen LogP contribution in [0.15, 0.2) is 40.1 Å².